The number of carbonyl (C=O) groups excluding carboxylic acids is 1. The predicted molar refractivity (Wildman–Crippen MR) is 117 cm³/mol. The van der Waals surface area contributed by atoms with E-state index >= 15 is 0 Å². The molecule has 3 aromatic rings. The van der Waals surface area contributed by atoms with Gasteiger partial charge in [0, 0.05) is 36.2 Å². The summed E-state index contributed by atoms with van der Waals surface area (Å²) in [6, 6.07) is 7.95. The van der Waals surface area contributed by atoms with Crippen LogP contribution in [0.1, 0.15) is 29.9 Å². The Morgan fingerprint density at radius 1 is 1.20 bits per heavy atom. The van der Waals surface area contributed by atoms with Crippen LogP contribution in [0.3, 0.4) is 0 Å². The minimum absolute atomic E-state index is 0.0883. The van der Waals surface area contributed by atoms with Crippen molar-refractivity contribution < 1.29 is 4.79 Å². The highest BCUT2D eigenvalue weighted by Crippen LogP contribution is 2.39. The molecule has 1 saturated heterocycles. The number of aromatic nitrogens is 4. The van der Waals surface area contributed by atoms with E-state index in [1.165, 1.54) is 0 Å². The van der Waals surface area contributed by atoms with Crippen molar-refractivity contribution in [3.8, 4) is 11.3 Å². The van der Waals surface area contributed by atoms with Crippen molar-refractivity contribution in [3.63, 3.8) is 0 Å². The second-order valence-corrected chi connectivity index (χ2v) is 8.06. The van der Waals surface area contributed by atoms with Crippen molar-refractivity contribution in [2.45, 2.75) is 39.7 Å². The Morgan fingerprint density at radius 2 is 2.07 bits per heavy atom. The van der Waals surface area contributed by atoms with Crippen LogP contribution < -0.4 is 15.1 Å². The van der Waals surface area contributed by atoms with Gasteiger partial charge in [0.1, 0.15) is 0 Å². The fraction of sp³-hybridized carbons (Fsp3) is 0.364. The minimum Gasteiger partial charge on any atom is -0.366 e. The summed E-state index contributed by atoms with van der Waals surface area (Å²) >= 11 is 0. The summed E-state index contributed by atoms with van der Waals surface area (Å²) in [4.78, 5) is 34.2. The zero-order valence-corrected chi connectivity index (χ0v) is 17.4. The molecule has 0 aromatic carbocycles. The van der Waals surface area contributed by atoms with Gasteiger partial charge in [-0.05, 0) is 57.9 Å². The first-order chi connectivity index (χ1) is 14.5. The first kappa shape index (κ1) is 18.6. The molecule has 2 N–H and O–H groups in total. The second-order valence-electron chi connectivity index (χ2n) is 8.06. The van der Waals surface area contributed by atoms with Crippen LogP contribution in [0, 0.1) is 20.8 Å². The Morgan fingerprint density at radius 3 is 2.83 bits per heavy atom. The Labute approximate surface area is 175 Å². The van der Waals surface area contributed by atoms with Gasteiger partial charge >= 0.3 is 6.03 Å². The van der Waals surface area contributed by atoms with E-state index in [1.807, 2.05) is 43.9 Å². The second kappa shape index (κ2) is 7.12. The number of amides is 2. The maximum Gasteiger partial charge on any atom is 0.330 e. The highest BCUT2D eigenvalue weighted by atomic mass is 16.2. The summed E-state index contributed by atoms with van der Waals surface area (Å²) in [5, 5.41) is 2.94. The van der Waals surface area contributed by atoms with Crippen LogP contribution in [0.25, 0.3) is 11.3 Å². The lowest BCUT2D eigenvalue weighted by molar-refractivity contribution is 0.252. The number of hydrogen-bond acceptors (Lipinski definition) is 5. The normalized spacial score (nSPS) is 17.6. The third-order valence-corrected chi connectivity index (χ3v) is 5.95. The van der Waals surface area contributed by atoms with Gasteiger partial charge in [-0.25, -0.2) is 14.8 Å². The third kappa shape index (κ3) is 3.18. The van der Waals surface area contributed by atoms with Crippen molar-refractivity contribution in [2.24, 2.45) is 0 Å². The summed E-state index contributed by atoms with van der Waals surface area (Å²) in [6.45, 7) is 7.64. The fourth-order valence-electron chi connectivity index (χ4n) is 4.32. The van der Waals surface area contributed by atoms with Crippen LogP contribution in [-0.4, -0.2) is 45.1 Å². The first-order valence-corrected chi connectivity index (χ1v) is 10.3. The number of nitrogens with one attached hydrogen (secondary N) is 2. The van der Waals surface area contributed by atoms with Crippen molar-refractivity contribution >= 4 is 23.5 Å². The van der Waals surface area contributed by atoms with Gasteiger partial charge in [-0.2, -0.15) is 0 Å². The van der Waals surface area contributed by atoms with Crippen LogP contribution in [0.15, 0.2) is 30.5 Å². The number of fused-ring (bicyclic) bond motifs is 4. The van der Waals surface area contributed by atoms with Crippen molar-refractivity contribution in [1.82, 2.24) is 19.9 Å². The maximum atomic E-state index is 13.3. The van der Waals surface area contributed by atoms with E-state index in [9.17, 15) is 4.79 Å². The fourth-order valence-corrected chi connectivity index (χ4v) is 4.32. The van der Waals surface area contributed by atoms with E-state index in [1.54, 1.807) is 6.20 Å². The van der Waals surface area contributed by atoms with Crippen LogP contribution in [0.4, 0.5) is 22.2 Å². The molecule has 0 radical (unpaired) electrons. The molecule has 5 heterocycles. The number of H-pyrrole nitrogens is 1. The Balaban J connectivity index is 1.55. The quantitative estimate of drug-likeness (QED) is 0.679. The lowest BCUT2D eigenvalue weighted by Crippen LogP contribution is -2.56. The molecule has 1 atom stereocenters. The van der Waals surface area contributed by atoms with E-state index < -0.39 is 0 Å². The summed E-state index contributed by atoms with van der Waals surface area (Å²) < 4.78 is 0. The average molecular weight is 403 g/mol. The number of aromatic amines is 1. The van der Waals surface area contributed by atoms with Crippen LogP contribution in [0.5, 0.6) is 0 Å². The summed E-state index contributed by atoms with van der Waals surface area (Å²) in [5.74, 6) is 1.17. The van der Waals surface area contributed by atoms with Crippen molar-refractivity contribution in [3.05, 3.63) is 47.5 Å². The van der Waals surface area contributed by atoms with Gasteiger partial charge in [-0.1, -0.05) is 0 Å². The molecule has 2 bridgehead atoms. The molecule has 0 spiro atoms. The Bertz CT molecular complexity index is 1100. The van der Waals surface area contributed by atoms with Gasteiger partial charge in [0.05, 0.1) is 23.1 Å². The average Bonchev–Trinajstić information content (AvgIpc) is 3.04. The smallest absolute Gasteiger partial charge is 0.330 e. The Hall–Kier alpha value is -3.42. The van der Waals surface area contributed by atoms with Gasteiger partial charge in [0.2, 0.25) is 5.95 Å². The number of piperidine rings is 1. The van der Waals surface area contributed by atoms with Crippen molar-refractivity contribution in [1.29, 1.82) is 0 Å². The number of carbonyl (C=O) groups is 1. The van der Waals surface area contributed by atoms with Crippen LogP contribution in [0.2, 0.25) is 0 Å². The number of rotatable bonds is 2. The molecule has 8 nitrogen and oxygen atoms in total. The summed E-state index contributed by atoms with van der Waals surface area (Å²) in [7, 11) is 0. The summed E-state index contributed by atoms with van der Waals surface area (Å²) in [5.41, 5.74) is 5.59. The number of nitrogens with zero attached hydrogens (tertiary/aromatic N) is 5. The lowest BCUT2D eigenvalue weighted by Gasteiger charge is -2.45. The number of imidazole rings is 1. The molecule has 154 valence electrons. The molecule has 2 amide bonds. The van der Waals surface area contributed by atoms with Gasteiger partial charge in [0.15, 0.2) is 5.82 Å². The molecule has 0 unspecified atom stereocenters. The predicted octanol–water partition coefficient (Wildman–Crippen LogP) is 3.81. The van der Waals surface area contributed by atoms with Gasteiger partial charge < -0.3 is 9.88 Å². The zero-order valence-electron chi connectivity index (χ0n) is 17.4. The minimum atomic E-state index is -0.202. The first-order valence-electron chi connectivity index (χ1n) is 10.3. The molecular weight excluding hydrogens is 378 g/mol. The van der Waals surface area contributed by atoms with E-state index in [2.05, 4.69) is 31.2 Å². The molecule has 1 fully saturated rings. The van der Waals surface area contributed by atoms with Gasteiger partial charge in [-0.15, -0.1) is 0 Å². The number of hydrogen-bond donors (Lipinski definition) is 2. The molecule has 5 rings (SSSR count). The highest BCUT2D eigenvalue weighted by Gasteiger charge is 2.38. The van der Waals surface area contributed by atoms with E-state index in [-0.39, 0.29) is 12.1 Å². The summed E-state index contributed by atoms with van der Waals surface area (Å²) in [6.07, 6.45) is 3.80. The number of anilines is 3. The number of urea groups is 1. The van der Waals surface area contributed by atoms with E-state index in [0.717, 1.165) is 60.0 Å². The Kier molecular flexibility index (Phi) is 4.42. The largest absolute Gasteiger partial charge is 0.366 e. The molecule has 0 aliphatic carbocycles. The van der Waals surface area contributed by atoms with Crippen molar-refractivity contribution in [2.75, 3.05) is 28.2 Å². The maximum absolute atomic E-state index is 13.3. The monoisotopic (exact) mass is 403 g/mol. The SMILES string of the molecule is Cc1cc(-c2ccc3c(n2)N(C(=O)Nc2nc(C)c(C)[nH]2)[C@H]2CCCN3C2)ccn1. The van der Waals surface area contributed by atoms with Crippen LogP contribution >= 0.6 is 0 Å². The molecule has 30 heavy (non-hydrogen) atoms. The lowest BCUT2D eigenvalue weighted by atomic mass is 9.99. The highest BCUT2D eigenvalue weighted by molar-refractivity contribution is 6.03. The molecule has 2 aliphatic heterocycles. The molecule has 2 aliphatic rings. The van der Waals surface area contributed by atoms with E-state index in [4.69, 9.17) is 4.98 Å². The molecule has 0 saturated carbocycles. The van der Waals surface area contributed by atoms with E-state index in [0.29, 0.717) is 11.8 Å². The molecule has 3 aromatic heterocycles. The van der Waals surface area contributed by atoms with Gasteiger partial charge in [0.25, 0.3) is 0 Å². The van der Waals surface area contributed by atoms with Gasteiger partial charge in [-0.3, -0.25) is 15.2 Å². The molecule has 8 heteroatoms. The van der Waals surface area contributed by atoms with Crippen LogP contribution in [-0.2, 0) is 0 Å². The molecular formula is C22H25N7O. The third-order valence-electron chi connectivity index (χ3n) is 5.95. The standard InChI is InChI=1S/C22H25N7O/c1-13-11-16(8-9-23-13)18-6-7-19-20(26-18)29(17-5-4-10-28(19)12-17)22(30)27-21-24-14(2)15(3)25-21/h6-9,11,17H,4-5,10,12H2,1-3H3,(H2,24,25,27,30)/t17-/m0/s1. The number of aryl methyl sites for hydroxylation is 3. The topological polar surface area (TPSA) is 90.0 Å². The zero-order chi connectivity index (χ0) is 20.8. The number of pyridine rings is 2.